The molecule has 0 spiro atoms. The fourth-order valence-corrected chi connectivity index (χ4v) is 1.20. The van der Waals surface area contributed by atoms with E-state index < -0.39 is 0 Å². The highest BCUT2D eigenvalue weighted by Gasteiger charge is 2.18. The first-order valence-electron chi connectivity index (χ1n) is 5.73. The summed E-state index contributed by atoms with van der Waals surface area (Å²) in [7, 11) is 1.95. The normalized spacial score (nSPS) is 15.1. The minimum atomic E-state index is -0.0782. The quantitative estimate of drug-likeness (QED) is 0.653. The van der Waals surface area contributed by atoms with E-state index in [0.29, 0.717) is 6.54 Å². The molecule has 4 nitrogen and oxygen atoms in total. The number of carbonyl (C=O) groups is 1. The molecule has 3 N–H and O–H groups in total. The summed E-state index contributed by atoms with van der Waals surface area (Å²) in [6, 6.07) is 0.174. The summed E-state index contributed by atoms with van der Waals surface area (Å²) in [5, 5.41) is 2.97. The SMILES string of the molecule is CCC(C)NC(=O)C(C)N(C)CCCN. The van der Waals surface area contributed by atoms with Gasteiger partial charge in [0.1, 0.15) is 0 Å². The average molecular weight is 215 g/mol. The van der Waals surface area contributed by atoms with Crippen LogP contribution in [0.1, 0.15) is 33.6 Å². The summed E-state index contributed by atoms with van der Waals surface area (Å²) in [5.41, 5.74) is 5.43. The van der Waals surface area contributed by atoms with Gasteiger partial charge in [-0.3, -0.25) is 9.69 Å². The minimum absolute atomic E-state index is 0.0782. The lowest BCUT2D eigenvalue weighted by Gasteiger charge is -2.25. The number of nitrogens with one attached hydrogen (secondary N) is 1. The van der Waals surface area contributed by atoms with Gasteiger partial charge in [-0.05, 0) is 46.8 Å². The molecule has 0 fully saturated rings. The highest BCUT2D eigenvalue weighted by Crippen LogP contribution is 1.98. The van der Waals surface area contributed by atoms with Crippen molar-refractivity contribution in [2.45, 2.75) is 45.7 Å². The van der Waals surface area contributed by atoms with E-state index in [2.05, 4.69) is 12.2 Å². The molecule has 0 aliphatic rings. The molecule has 0 bridgehead atoms. The van der Waals surface area contributed by atoms with E-state index in [4.69, 9.17) is 5.73 Å². The smallest absolute Gasteiger partial charge is 0.237 e. The Balaban J connectivity index is 3.95. The lowest BCUT2D eigenvalue weighted by atomic mass is 10.2. The van der Waals surface area contributed by atoms with E-state index in [9.17, 15) is 4.79 Å². The van der Waals surface area contributed by atoms with Gasteiger partial charge in [0.05, 0.1) is 6.04 Å². The fraction of sp³-hybridized carbons (Fsp3) is 0.909. The van der Waals surface area contributed by atoms with Crippen LogP contribution in [0.4, 0.5) is 0 Å². The van der Waals surface area contributed by atoms with Gasteiger partial charge in [-0.15, -0.1) is 0 Å². The summed E-state index contributed by atoms with van der Waals surface area (Å²) in [6.45, 7) is 7.54. The van der Waals surface area contributed by atoms with Crippen LogP contribution < -0.4 is 11.1 Å². The highest BCUT2D eigenvalue weighted by atomic mass is 16.2. The third-order valence-corrected chi connectivity index (χ3v) is 2.76. The van der Waals surface area contributed by atoms with Crippen LogP contribution >= 0.6 is 0 Å². The number of rotatable bonds is 7. The van der Waals surface area contributed by atoms with Crippen LogP contribution in [-0.2, 0) is 4.79 Å². The Kier molecular flexibility index (Phi) is 7.34. The van der Waals surface area contributed by atoms with Gasteiger partial charge >= 0.3 is 0 Å². The molecule has 0 aliphatic carbocycles. The molecule has 2 unspecified atom stereocenters. The summed E-state index contributed by atoms with van der Waals surface area (Å²) in [4.78, 5) is 13.8. The first-order chi connectivity index (χ1) is 7.02. The Morgan fingerprint density at radius 2 is 2.07 bits per heavy atom. The fourth-order valence-electron chi connectivity index (χ4n) is 1.20. The molecular formula is C11H25N3O. The minimum Gasteiger partial charge on any atom is -0.352 e. The van der Waals surface area contributed by atoms with E-state index in [1.807, 2.05) is 25.8 Å². The maximum atomic E-state index is 11.7. The molecule has 0 aromatic carbocycles. The summed E-state index contributed by atoms with van der Waals surface area (Å²) < 4.78 is 0. The number of hydrogen-bond donors (Lipinski definition) is 2. The second-order valence-electron chi connectivity index (χ2n) is 4.12. The second kappa shape index (κ2) is 7.65. The third kappa shape index (κ3) is 5.74. The molecule has 0 rings (SSSR count). The number of nitrogens with two attached hydrogens (primary N) is 1. The predicted octanol–water partition coefficient (Wildman–Crippen LogP) is 0.570. The standard InChI is InChI=1S/C11H25N3O/c1-5-9(2)13-11(15)10(3)14(4)8-6-7-12/h9-10H,5-8,12H2,1-4H3,(H,13,15). The molecule has 0 radical (unpaired) electrons. The zero-order valence-corrected chi connectivity index (χ0v) is 10.4. The van der Waals surface area contributed by atoms with E-state index >= 15 is 0 Å². The molecule has 0 aliphatic heterocycles. The van der Waals surface area contributed by atoms with Gasteiger partial charge in [-0.1, -0.05) is 6.92 Å². The largest absolute Gasteiger partial charge is 0.352 e. The van der Waals surface area contributed by atoms with E-state index in [-0.39, 0.29) is 18.0 Å². The van der Waals surface area contributed by atoms with Crippen LogP contribution in [0, 0.1) is 0 Å². The Labute approximate surface area is 93.2 Å². The first kappa shape index (κ1) is 14.4. The van der Waals surface area contributed by atoms with Gasteiger partial charge in [0.2, 0.25) is 5.91 Å². The van der Waals surface area contributed by atoms with Crippen molar-refractivity contribution < 1.29 is 4.79 Å². The van der Waals surface area contributed by atoms with Crippen molar-refractivity contribution in [3.8, 4) is 0 Å². The van der Waals surface area contributed by atoms with E-state index in [1.165, 1.54) is 0 Å². The second-order valence-corrected chi connectivity index (χ2v) is 4.12. The number of likely N-dealkylation sites (N-methyl/N-ethyl adjacent to an activating group) is 1. The molecule has 0 saturated heterocycles. The maximum Gasteiger partial charge on any atom is 0.237 e. The molecule has 90 valence electrons. The van der Waals surface area contributed by atoms with Gasteiger partial charge in [-0.2, -0.15) is 0 Å². The topological polar surface area (TPSA) is 58.4 Å². The average Bonchev–Trinajstić information content (AvgIpc) is 2.24. The zero-order chi connectivity index (χ0) is 11.8. The van der Waals surface area contributed by atoms with Crippen LogP contribution in [0.5, 0.6) is 0 Å². The van der Waals surface area contributed by atoms with Crippen molar-refractivity contribution in [1.29, 1.82) is 0 Å². The third-order valence-electron chi connectivity index (χ3n) is 2.76. The van der Waals surface area contributed by atoms with Crippen LogP contribution in [0.3, 0.4) is 0 Å². The lowest BCUT2D eigenvalue weighted by molar-refractivity contribution is -0.126. The van der Waals surface area contributed by atoms with Crippen molar-refractivity contribution in [3.05, 3.63) is 0 Å². The summed E-state index contributed by atoms with van der Waals surface area (Å²) in [5.74, 6) is 0.101. The number of carbonyl (C=O) groups excluding carboxylic acids is 1. The molecule has 0 aromatic heterocycles. The molecular weight excluding hydrogens is 190 g/mol. The van der Waals surface area contributed by atoms with E-state index in [0.717, 1.165) is 19.4 Å². The Morgan fingerprint density at radius 3 is 2.53 bits per heavy atom. The predicted molar refractivity (Wildman–Crippen MR) is 63.7 cm³/mol. The number of amides is 1. The molecule has 15 heavy (non-hydrogen) atoms. The highest BCUT2D eigenvalue weighted by molar-refractivity contribution is 5.81. The molecule has 2 atom stereocenters. The van der Waals surface area contributed by atoms with Crippen LogP contribution in [-0.4, -0.2) is 43.0 Å². The van der Waals surface area contributed by atoms with Gasteiger partial charge < -0.3 is 11.1 Å². The summed E-state index contributed by atoms with van der Waals surface area (Å²) in [6.07, 6.45) is 1.89. The van der Waals surface area contributed by atoms with Gasteiger partial charge in [0, 0.05) is 6.04 Å². The van der Waals surface area contributed by atoms with Crippen molar-refractivity contribution in [2.24, 2.45) is 5.73 Å². The van der Waals surface area contributed by atoms with Crippen LogP contribution in [0.2, 0.25) is 0 Å². The molecule has 0 aromatic rings. The maximum absolute atomic E-state index is 11.7. The lowest BCUT2D eigenvalue weighted by Crippen LogP contribution is -2.46. The van der Waals surface area contributed by atoms with Crippen molar-refractivity contribution in [2.75, 3.05) is 20.1 Å². The Morgan fingerprint density at radius 1 is 1.47 bits per heavy atom. The monoisotopic (exact) mass is 215 g/mol. The number of hydrogen-bond acceptors (Lipinski definition) is 3. The molecule has 0 saturated carbocycles. The first-order valence-corrected chi connectivity index (χ1v) is 5.73. The Hall–Kier alpha value is -0.610. The zero-order valence-electron chi connectivity index (χ0n) is 10.4. The Bertz CT molecular complexity index is 185. The van der Waals surface area contributed by atoms with E-state index in [1.54, 1.807) is 0 Å². The summed E-state index contributed by atoms with van der Waals surface area (Å²) >= 11 is 0. The number of nitrogens with zero attached hydrogens (tertiary/aromatic N) is 1. The molecule has 0 heterocycles. The molecule has 1 amide bonds. The van der Waals surface area contributed by atoms with Gasteiger partial charge in [0.25, 0.3) is 0 Å². The van der Waals surface area contributed by atoms with Crippen LogP contribution in [0.25, 0.3) is 0 Å². The van der Waals surface area contributed by atoms with Gasteiger partial charge in [-0.25, -0.2) is 0 Å². The molecule has 4 heteroatoms. The van der Waals surface area contributed by atoms with Crippen molar-refractivity contribution in [3.63, 3.8) is 0 Å². The van der Waals surface area contributed by atoms with Crippen molar-refractivity contribution >= 4 is 5.91 Å². The van der Waals surface area contributed by atoms with Crippen molar-refractivity contribution in [1.82, 2.24) is 10.2 Å². The van der Waals surface area contributed by atoms with Crippen LogP contribution in [0.15, 0.2) is 0 Å². The van der Waals surface area contributed by atoms with Gasteiger partial charge in [0.15, 0.2) is 0 Å².